The van der Waals surface area contributed by atoms with Crippen molar-refractivity contribution in [3.8, 4) is 0 Å². The second kappa shape index (κ2) is 8.14. The van der Waals surface area contributed by atoms with Crippen molar-refractivity contribution in [1.82, 2.24) is 14.7 Å². The Morgan fingerprint density at radius 3 is 3.19 bits per heavy atom. The lowest BCUT2D eigenvalue weighted by atomic mass is 9.95. The van der Waals surface area contributed by atoms with Gasteiger partial charge in [-0.05, 0) is 25.8 Å². The topological polar surface area (TPSA) is 67.6 Å². The van der Waals surface area contributed by atoms with Gasteiger partial charge in [0.2, 0.25) is 5.91 Å². The number of aliphatic hydroxyl groups excluding tert-OH is 1. The van der Waals surface area contributed by atoms with Crippen LogP contribution in [0.3, 0.4) is 0 Å². The molecule has 118 valence electrons. The second-order valence-electron chi connectivity index (χ2n) is 5.35. The lowest BCUT2D eigenvalue weighted by Crippen LogP contribution is -2.39. The highest BCUT2D eigenvalue weighted by atomic mass is 16.5. The molecule has 0 bridgehead atoms. The van der Waals surface area contributed by atoms with Gasteiger partial charge in [0.25, 0.3) is 0 Å². The van der Waals surface area contributed by atoms with Crippen LogP contribution >= 0.6 is 0 Å². The third-order valence-corrected chi connectivity index (χ3v) is 3.85. The normalized spacial score (nSPS) is 19.0. The standard InChI is InChI=1S/C15H25N3O3/c1-2-21-11-6-15(20)17-7-3-4-13(12-17)14-5-8-18(16-14)9-10-19/h5,8,13,19H,2-4,6-7,9-12H2,1H3/t13-/m1/s1. The monoisotopic (exact) mass is 295 g/mol. The first-order valence-corrected chi connectivity index (χ1v) is 7.74. The zero-order valence-corrected chi connectivity index (χ0v) is 12.7. The Balaban J connectivity index is 1.88. The SMILES string of the molecule is CCOCCC(=O)N1CCC[C@@H](c2ccn(CCO)n2)C1. The largest absolute Gasteiger partial charge is 0.394 e. The molecule has 0 spiro atoms. The minimum Gasteiger partial charge on any atom is -0.394 e. The van der Waals surface area contributed by atoms with E-state index < -0.39 is 0 Å². The fourth-order valence-electron chi connectivity index (χ4n) is 2.73. The number of rotatable bonds is 7. The Hall–Kier alpha value is -1.40. The molecule has 0 saturated carbocycles. The van der Waals surface area contributed by atoms with Gasteiger partial charge in [0, 0.05) is 31.8 Å². The van der Waals surface area contributed by atoms with Crippen LogP contribution in [-0.4, -0.2) is 58.6 Å². The Morgan fingerprint density at radius 2 is 2.43 bits per heavy atom. The smallest absolute Gasteiger partial charge is 0.224 e. The van der Waals surface area contributed by atoms with Crippen molar-refractivity contribution in [2.75, 3.05) is 32.9 Å². The molecule has 1 atom stereocenters. The molecule has 1 aromatic rings. The van der Waals surface area contributed by atoms with Crippen molar-refractivity contribution in [1.29, 1.82) is 0 Å². The number of hydrogen-bond donors (Lipinski definition) is 1. The number of amides is 1. The molecule has 0 unspecified atom stereocenters. The van der Waals surface area contributed by atoms with Gasteiger partial charge >= 0.3 is 0 Å². The van der Waals surface area contributed by atoms with Crippen molar-refractivity contribution in [2.24, 2.45) is 0 Å². The predicted molar refractivity (Wildman–Crippen MR) is 79.0 cm³/mol. The third kappa shape index (κ3) is 4.54. The van der Waals surface area contributed by atoms with Gasteiger partial charge in [-0.1, -0.05) is 0 Å². The number of piperidine rings is 1. The van der Waals surface area contributed by atoms with Crippen LogP contribution in [0.25, 0.3) is 0 Å². The lowest BCUT2D eigenvalue weighted by Gasteiger charge is -2.32. The number of carbonyl (C=O) groups is 1. The number of hydrogen-bond acceptors (Lipinski definition) is 4. The Kier molecular flexibility index (Phi) is 6.20. The molecule has 1 aromatic heterocycles. The molecule has 2 heterocycles. The fourth-order valence-corrected chi connectivity index (χ4v) is 2.73. The van der Waals surface area contributed by atoms with Gasteiger partial charge in [0.15, 0.2) is 0 Å². The summed E-state index contributed by atoms with van der Waals surface area (Å²) in [7, 11) is 0. The molecule has 1 N–H and O–H groups in total. The van der Waals surface area contributed by atoms with Crippen LogP contribution in [0.2, 0.25) is 0 Å². The van der Waals surface area contributed by atoms with E-state index in [-0.39, 0.29) is 12.5 Å². The molecule has 2 rings (SSSR count). The maximum Gasteiger partial charge on any atom is 0.224 e. The molecule has 1 saturated heterocycles. The average molecular weight is 295 g/mol. The summed E-state index contributed by atoms with van der Waals surface area (Å²) in [5.74, 6) is 0.470. The molecule has 1 aliphatic rings. The Bertz CT molecular complexity index is 447. The molecule has 0 radical (unpaired) electrons. The van der Waals surface area contributed by atoms with E-state index in [0.29, 0.717) is 32.1 Å². The van der Waals surface area contributed by atoms with Crippen LogP contribution in [0.4, 0.5) is 0 Å². The second-order valence-corrected chi connectivity index (χ2v) is 5.35. The van der Waals surface area contributed by atoms with Gasteiger partial charge in [-0.3, -0.25) is 9.48 Å². The van der Waals surface area contributed by atoms with E-state index in [1.54, 1.807) is 4.68 Å². The minimum atomic E-state index is 0.0911. The van der Waals surface area contributed by atoms with E-state index in [4.69, 9.17) is 9.84 Å². The van der Waals surface area contributed by atoms with E-state index in [1.165, 1.54) is 0 Å². The van der Waals surface area contributed by atoms with Crippen molar-refractivity contribution < 1.29 is 14.6 Å². The predicted octanol–water partition coefficient (Wildman–Crippen LogP) is 1.01. The molecule has 1 fully saturated rings. The Labute approximate surface area is 125 Å². The summed E-state index contributed by atoms with van der Waals surface area (Å²) in [5, 5.41) is 13.4. The number of carbonyl (C=O) groups excluding carboxylic acids is 1. The van der Waals surface area contributed by atoms with E-state index >= 15 is 0 Å². The van der Waals surface area contributed by atoms with Gasteiger partial charge < -0.3 is 14.7 Å². The van der Waals surface area contributed by atoms with Gasteiger partial charge in [-0.15, -0.1) is 0 Å². The molecule has 1 amide bonds. The van der Waals surface area contributed by atoms with Crippen molar-refractivity contribution in [2.45, 2.75) is 38.6 Å². The van der Waals surface area contributed by atoms with Gasteiger partial charge in [-0.25, -0.2) is 0 Å². The molecule has 6 nitrogen and oxygen atoms in total. The number of aromatic nitrogens is 2. The molecule has 0 aliphatic carbocycles. The lowest BCUT2D eigenvalue weighted by molar-refractivity contribution is -0.133. The Morgan fingerprint density at radius 1 is 1.57 bits per heavy atom. The molecule has 0 aromatic carbocycles. The maximum atomic E-state index is 12.1. The van der Waals surface area contributed by atoms with E-state index in [2.05, 4.69) is 5.10 Å². The van der Waals surface area contributed by atoms with Gasteiger partial charge in [0.1, 0.15) is 0 Å². The van der Waals surface area contributed by atoms with Crippen molar-refractivity contribution >= 4 is 5.91 Å². The number of likely N-dealkylation sites (tertiary alicyclic amines) is 1. The van der Waals surface area contributed by atoms with E-state index in [1.807, 2.05) is 24.1 Å². The highest BCUT2D eigenvalue weighted by Gasteiger charge is 2.25. The van der Waals surface area contributed by atoms with Crippen LogP contribution in [0.1, 0.15) is 37.8 Å². The summed E-state index contributed by atoms with van der Waals surface area (Å²) in [6, 6.07) is 1.99. The van der Waals surface area contributed by atoms with Crippen LogP contribution in [-0.2, 0) is 16.1 Å². The van der Waals surface area contributed by atoms with Gasteiger partial charge in [0.05, 0.1) is 31.9 Å². The summed E-state index contributed by atoms with van der Waals surface area (Å²) in [5.41, 5.74) is 1.02. The summed E-state index contributed by atoms with van der Waals surface area (Å²) in [6.07, 6.45) is 4.42. The zero-order chi connectivity index (χ0) is 15.1. The molecule has 1 aliphatic heterocycles. The summed E-state index contributed by atoms with van der Waals surface area (Å²) in [6.45, 7) is 5.27. The quantitative estimate of drug-likeness (QED) is 0.762. The van der Waals surface area contributed by atoms with Crippen LogP contribution in [0.5, 0.6) is 0 Å². The molecular formula is C15H25N3O3. The summed E-state index contributed by atoms with van der Waals surface area (Å²) in [4.78, 5) is 14.1. The first kappa shape index (κ1) is 16.0. The van der Waals surface area contributed by atoms with Crippen molar-refractivity contribution in [3.63, 3.8) is 0 Å². The van der Waals surface area contributed by atoms with E-state index in [0.717, 1.165) is 31.6 Å². The fraction of sp³-hybridized carbons (Fsp3) is 0.733. The highest BCUT2D eigenvalue weighted by molar-refractivity contribution is 5.76. The zero-order valence-electron chi connectivity index (χ0n) is 12.7. The average Bonchev–Trinajstić information content (AvgIpc) is 2.97. The third-order valence-electron chi connectivity index (χ3n) is 3.85. The summed E-state index contributed by atoms with van der Waals surface area (Å²) >= 11 is 0. The van der Waals surface area contributed by atoms with Crippen LogP contribution in [0, 0.1) is 0 Å². The highest BCUT2D eigenvalue weighted by Crippen LogP contribution is 2.25. The molecular weight excluding hydrogens is 270 g/mol. The first-order chi connectivity index (χ1) is 10.2. The number of nitrogens with zero attached hydrogens (tertiary/aromatic N) is 3. The van der Waals surface area contributed by atoms with Gasteiger partial charge in [-0.2, -0.15) is 5.10 Å². The summed E-state index contributed by atoms with van der Waals surface area (Å²) < 4.78 is 7.00. The molecule has 21 heavy (non-hydrogen) atoms. The number of ether oxygens (including phenoxy) is 1. The first-order valence-electron chi connectivity index (χ1n) is 7.74. The van der Waals surface area contributed by atoms with Crippen LogP contribution in [0.15, 0.2) is 12.3 Å². The maximum absolute atomic E-state index is 12.1. The van der Waals surface area contributed by atoms with Crippen LogP contribution < -0.4 is 0 Å². The molecule has 6 heteroatoms. The minimum absolute atomic E-state index is 0.0911. The van der Waals surface area contributed by atoms with E-state index in [9.17, 15) is 4.79 Å². The number of aliphatic hydroxyl groups is 1. The van der Waals surface area contributed by atoms with Crippen molar-refractivity contribution in [3.05, 3.63) is 18.0 Å².